The minimum atomic E-state index is -0.892. The van der Waals surface area contributed by atoms with Gasteiger partial charge in [0.1, 0.15) is 5.82 Å². The van der Waals surface area contributed by atoms with Gasteiger partial charge in [0.05, 0.1) is 6.04 Å². The third kappa shape index (κ3) is 5.12. The molecule has 23 heavy (non-hydrogen) atoms. The van der Waals surface area contributed by atoms with Crippen LogP contribution >= 0.6 is 27.7 Å². The van der Waals surface area contributed by atoms with Crippen LogP contribution in [0.3, 0.4) is 0 Å². The average Bonchev–Trinajstić information content (AvgIpc) is 2.55. The lowest BCUT2D eigenvalue weighted by Crippen LogP contribution is -2.50. The maximum absolute atomic E-state index is 10.1. The SMILES string of the molecule is CCOC(O)C1C=C(CC)N(N)/C(=C\SC2C=CC(Br)=CC2)N1. The fourth-order valence-electron chi connectivity index (χ4n) is 2.36. The van der Waals surface area contributed by atoms with Crippen molar-refractivity contribution >= 4 is 27.7 Å². The Morgan fingerprint density at radius 1 is 1.61 bits per heavy atom. The fraction of sp³-hybridized carbons (Fsp3) is 0.500. The van der Waals surface area contributed by atoms with Crippen LogP contribution in [0.25, 0.3) is 0 Å². The molecule has 0 saturated heterocycles. The third-order valence-corrected chi connectivity index (χ3v) is 5.28. The van der Waals surface area contributed by atoms with Crippen molar-refractivity contribution in [3.8, 4) is 0 Å². The number of nitrogens with one attached hydrogen (secondary N) is 1. The van der Waals surface area contributed by atoms with E-state index < -0.39 is 6.29 Å². The number of allylic oxidation sites excluding steroid dienone is 4. The molecule has 0 aromatic rings. The second-order valence-electron chi connectivity index (χ2n) is 5.26. The Morgan fingerprint density at radius 3 is 3.00 bits per heavy atom. The summed E-state index contributed by atoms with van der Waals surface area (Å²) in [6.45, 7) is 4.36. The van der Waals surface area contributed by atoms with Crippen LogP contribution < -0.4 is 11.2 Å². The van der Waals surface area contributed by atoms with Gasteiger partial charge >= 0.3 is 0 Å². The highest BCUT2D eigenvalue weighted by molar-refractivity contribution is 9.11. The summed E-state index contributed by atoms with van der Waals surface area (Å²) in [6, 6.07) is -0.299. The van der Waals surface area contributed by atoms with Crippen LogP contribution in [-0.4, -0.2) is 34.3 Å². The Morgan fingerprint density at radius 2 is 2.39 bits per heavy atom. The smallest absolute Gasteiger partial charge is 0.178 e. The molecule has 0 saturated carbocycles. The number of hydrazine groups is 1. The highest BCUT2D eigenvalue weighted by Crippen LogP contribution is 2.28. The van der Waals surface area contributed by atoms with Gasteiger partial charge in [0.25, 0.3) is 0 Å². The molecule has 3 unspecified atom stereocenters. The monoisotopic (exact) mass is 401 g/mol. The van der Waals surface area contributed by atoms with Crippen LogP contribution in [0.15, 0.2) is 45.7 Å². The zero-order chi connectivity index (χ0) is 16.8. The summed E-state index contributed by atoms with van der Waals surface area (Å²) in [7, 11) is 0. The molecular weight excluding hydrogens is 378 g/mol. The number of halogens is 1. The molecule has 0 aromatic carbocycles. The summed E-state index contributed by atoms with van der Waals surface area (Å²) < 4.78 is 6.41. The number of hydrogen-bond donors (Lipinski definition) is 3. The minimum absolute atomic E-state index is 0.299. The first-order chi connectivity index (χ1) is 11.0. The highest BCUT2D eigenvalue weighted by Gasteiger charge is 2.26. The first kappa shape index (κ1) is 18.6. The molecule has 2 rings (SSSR count). The normalized spacial score (nSPS) is 27.5. The lowest BCUT2D eigenvalue weighted by molar-refractivity contribution is -0.107. The largest absolute Gasteiger partial charge is 0.366 e. The molecule has 1 aliphatic carbocycles. The predicted octanol–water partition coefficient (Wildman–Crippen LogP) is 2.92. The van der Waals surface area contributed by atoms with Gasteiger partial charge in [-0.05, 0) is 25.8 Å². The molecule has 0 bridgehead atoms. The maximum atomic E-state index is 10.1. The van der Waals surface area contributed by atoms with E-state index in [9.17, 15) is 5.11 Å². The molecule has 4 N–H and O–H groups in total. The molecule has 128 valence electrons. The quantitative estimate of drug-likeness (QED) is 0.469. The van der Waals surface area contributed by atoms with Gasteiger partial charge in [0.2, 0.25) is 0 Å². The number of nitrogens with two attached hydrogens (primary N) is 1. The Hall–Kier alpha value is -0.730. The molecular formula is C16H24BrN3O2S. The summed E-state index contributed by atoms with van der Waals surface area (Å²) in [5, 5.41) is 17.4. The molecule has 2 aliphatic rings. The van der Waals surface area contributed by atoms with Gasteiger partial charge in [-0.1, -0.05) is 41.1 Å². The molecule has 0 amide bonds. The maximum Gasteiger partial charge on any atom is 0.178 e. The Labute approximate surface area is 150 Å². The number of rotatable bonds is 6. The van der Waals surface area contributed by atoms with Crippen molar-refractivity contribution < 1.29 is 9.84 Å². The molecule has 5 nitrogen and oxygen atoms in total. The van der Waals surface area contributed by atoms with Gasteiger partial charge in [-0.2, -0.15) is 0 Å². The Bertz CT molecular complexity index is 533. The van der Waals surface area contributed by atoms with Crippen molar-refractivity contribution in [3.05, 3.63) is 45.7 Å². The van der Waals surface area contributed by atoms with E-state index in [0.29, 0.717) is 11.9 Å². The predicted molar refractivity (Wildman–Crippen MR) is 99.2 cm³/mol. The third-order valence-electron chi connectivity index (χ3n) is 3.63. The first-order valence-corrected chi connectivity index (χ1v) is 9.50. The van der Waals surface area contributed by atoms with Gasteiger partial charge in [0.15, 0.2) is 6.29 Å². The molecule has 1 aliphatic heterocycles. The second kappa shape index (κ2) is 8.94. The summed E-state index contributed by atoms with van der Waals surface area (Å²) in [5.41, 5.74) is 0.959. The van der Waals surface area contributed by atoms with E-state index in [2.05, 4.69) is 39.5 Å². The number of aliphatic hydroxyl groups is 1. The molecule has 0 spiro atoms. The van der Waals surface area contributed by atoms with Crippen LogP contribution in [0, 0.1) is 0 Å². The van der Waals surface area contributed by atoms with Gasteiger partial charge in [-0.15, -0.1) is 11.8 Å². The van der Waals surface area contributed by atoms with E-state index in [1.54, 1.807) is 16.8 Å². The van der Waals surface area contributed by atoms with Crippen molar-refractivity contribution in [1.82, 2.24) is 10.3 Å². The van der Waals surface area contributed by atoms with Crippen molar-refractivity contribution in [2.24, 2.45) is 5.84 Å². The molecule has 0 aromatic heterocycles. The summed E-state index contributed by atoms with van der Waals surface area (Å²) in [6.07, 6.45) is 9.17. The van der Waals surface area contributed by atoms with Gasteiger partial charge in [-0.3, -0.25) is 5.01 Å². The van der Waals surface area contributed by atoms with Crippen LogP contribution in [0.1, 0.15) is 26.7 Å². The Balaban J connectivity index is 2.06. The van der Waals surface area contributed by atoms with Crippen molar-refractivity contribution in [3.63, 3.8) is 0 Å². The average molecular weight is 402 g/mol. The van der Waals surface area contributed by atoms with Gasteiger partial charge in [-0.25, -0.2) is 5.84 Å². The first-order valence-electron chi connectivity index (χ1n) is 7.76. The van der Waals surface area contributed by atoms with Crippen LogP contribution in [0.2, 0.25) is 0 Å². The van der Waals surface area contributed by atoms with E-state index in [-0.39, 0.29) is 6.04 Å². The second-order valence-corrected chi connectivity index (χ2v) is 7.29. The van der Waals surface area contributed by atoms with Crippen molar-refractivity contribution in [2.75, 3.05) is 6.61 Å². The topological polar surface area (TPSA) is 70.8 Å². The van der Waals surface area contributed by atoms with E-state index in [4.69, 9.17) is 10.6 Å². The van der Waals surface area contributed by atoms with Crippen molar-refractivity contribution in [2.45, 2.75) is 44.3 Å². The van der Waals surface area contributed by atoms with E-state index in [1.807, 2.05) is 25.3 Å². The van der Waals surface area contributed by atoms with E-state index in [0.717, 1.165) is 28.8 Å². The van der Waals surface area contributed by atoms with Gasteiger partial charge < -0.3 is 15.2 Å². The zero-order valence-corrected chi connectivity index (χ0v) is 15.8. The van der Waals surface area contributed by atoms with Crippen LogP contribution in [-0.2, 0) is 4.74 Å². The summed E-state index contributed by atoms with van der Waals surface area (Å²) >= 11 is 5.17. The minimum Gasteiger partial charge on any atom is -0.366 e. The summed E-state index contributed by atoms with van der Waals surface area (Å²) in [4.78, 5) is 0. The molecule has 7 heteroatoms. The molecule has 1 heterocycles. The lowest BCUT2D eigenvalue weighted by Gasteiger charge is -2.35. The molecule has 0 radical (unpaired) electrons. The Kier molecular flexibility index (Phi) is 7.23. The fourth-order valence-corrected chi connectivity index (χ4v) is 3.56. The number of aliphatic hydroxyl groups excluding tert-OH is 1. The lowest BCUT2D eigenvalue weighted by atomic mass is 10.1. The number of nitrogens with zero attached hydrogens (tertiary/aromatic N) is 1. The molecule has 3 atom stereocenters. The molecule has 0 fully saturated rings. The van der Waals surface area contributed by atoms with E-state index >= 15 is 0 Å². The van der Waals surface area contributed by atoms with Crippen LogP contribution in [0.4, 0.5) is 0 Å². The van der Waals surface area contributed by atoms with Crippen LogP contribution in [0.5, 0.6) is 0 Å². The van der Waals surface area contributed by atoms with Crippen molar-refractivity contribution in [1.29, 1.82) is 0 Å². The highest BCUT2D eigenvalue weighted by atomic mass is 79.9. The summed E-state index contributed by atoms with van der Waals surface area (Å²) in [5.74, 6) is 6.95. The standard InChI is InChI=1S/C16H24BrN3O2S/c1-3-12-9-14(16(21)22-4-2)19-15(20(12)18)10-23-13-7-5-11(17)6-8-13/h5-7,9-10,13-14,16,19,21H,3-4,8,18H2,1-2H3/b15-10-. The number of ether oxygens (including phenoxy) is 1. The number of hydrogen-bond acceptors (Lipinski definition) is 6. The number of thioether (sulfide) groups is 1. The zero-order valence-electron chi connectivity index (χ0n) is 13.4. The van der Waals surface area contributed by atoms with Gasteiger partial charge in [0, 0.05) is 27.4 Å². The van der Waals surface area contributed by atoms with E-state index in [1.165, 1.54) is 0 Å².